The smallest absolute Gasteiger partial charge is 0.211 e. The van der Waals surface area contributed by atoms with Crippen molar-refractivity contribution in [3.05, 3.63) is 203 Å². The van der Waals surface area contributed by atoms with Gasteiger partial charge in [-0.3, -0.25) is 9.59 Å². The molecule has 0 aromatic heterocycles. The monoisotopic (exact) mass is 932 g/mol. The number of fused-ring (bicyclic) bond motifs is 9. The van der Waals surface area contributed by atoms with Gasteiger partial charge >= 0.3 is 0 Å². The summed E-state index contributed by atoms with van der Waals surface area (Å²) in [5, 5.41) is 5.39. The van der Waals surface area contributed by atoms with Gasteiger partial charge in [-0.2, -0.15) is 0 Å². The summed E-state index contributed by atoms with van der Waals surface area (Å²) in [5.41, 5.74) is 23.3. The van der Waals surface area contributed by atoms with Crippen molar-refractivity contribution in [1.29, 1.82) is 0 Å². The molecule has 0 saturated carbocycles. The first-order chi connectivity index (χ1) is 35.1. The minimum Gasteiger partial charge on any atom is -0.494 e. The third-order valence-electron chi connectivity index (χ3n) is 15.3. The summed E-state index contributed by atoms with van der Waals surface area (Å²) < 4.78 is 12.3. The van der Waals surface area contributed by atoms with E-state index in [1.54, 1.807) is 0 Å². The lowest BCUT2D eigenvalue weighted by atomic mass is 9.70. The van der Waals surface area contributed by atoms with Crippen LogP contribution in [0.1, 0.15) is 97.6 Å². The highest BCUT2D eigenvalue weighted by molar-refractivity contribution is 5.88. The summed E-state index contributed by atoms with van der Waals surface area (Å²) in [6.45, 7) is 1.32. The Labute approximate surface area is 418 Å². The minimum absolute atomic E-state index is 0.155. The lowest BCUT2D eigenvalue weighted by Gasteiger charge is -2.33. The lowest BCUT2D eigenvalue weighted by Crippen LogP contribution is -2.25. The van der Waals surface area contributed by atoms with Crippen molar-refractivity contribution in [2.45, 2.75) is 82.5 Å². The minimum atomic E-state index is -0.155. The van der Waals surface area contributed by atoms with E-state index < -0.39 is 0 Å². The van der Waals surface area contributed by atoms with Gasteiger partial charge in [-0.15, -0.1) is 0 Å². The number of anilines is 2. The molecule has 0 radical (unpaired) electrons. The number of benzene rings is 8. The molecule has 0 atom stereocenters. The van der Waals surface area contributed by atoms with Crippen LogP contribution in [0.25, 0.3) is 55.6 Å². The van der Waals surface area contributed by atoms with Gasteiger partial charge in [0.2, 0.25) is 12.8 Å². The average molecular weight is 933 g/mol. The summed E-state index contributed by atoms with van der Waals surface area (Å²) in [5.74, 6) is 1.64. The fourth-order valence-corrected chi connectivity index (χ4v) is 11.7. The van der Waals surface area contributed by atoms with Crippen molar-refractivity contribution in [2.75, 3.05) is 23.8 Å². The second-order valence-corrected chi connectivity index (χ2v) is 19.6. The number of hydrogen-bond acceptors (Lipinski definition) is 4. The lowest BCUT2D eigenvalue weighted by molar-refractivity contribution is -0.106. The number of ether oxygens (including phenoxy) is 2. The van der Waals surface area contributed by atoms with Crippen LogP contribution in [0.5, 0.6) is 11.5 Å². The van der Waals surface area contributed by atoms with Crippen LogP contribution in [0.3, 0.4) is 0 Å². The number of carbonyl (C=O) groups is 2. The van der Waals surface area contributed by atoms with Crippen LogP contribution in [-0.2, 0) is 27.8 Å². The zero-order valence-corrected chi connectivity index (χ0v) is 40.4. The van der Waals surface area contributed by atoms with Gasteiger partial charge in [-0.05, 0) is 188 Å². The molecule has 8 aromatic rings. The second-order valence-electron chi connectivity index (χ2n) is 19.6. The normalized spacial score (nSPS) is 13.0. The van der Waals surface area contributed by atoms with Gasteiger partial charge in [0.15, 0.2) is 0 Å². The highest BCUT2D eigenvalue weighted by Gasteiger charge is 2.43. The molecule has 354 valence electrons. The predicted molar refractivity (Wildman–Crippen MR) is 289 cm³/mol. The summed E-state index contributed by atoms with van der Waals surface area (Å²) in [7, 11) is 0. The molecule has 3 aliphatic carbocycles. The molecule has 0 fully saturated rings. The summed E-state index contributed by atoms with van der Waals surface area (Å²) in [6, 6.07) is 61.8. The summed E-state index contributed by atoms with van der Waals surface area (Å²) in [6.07, 6.45) is 14.1. The van der Waals surface area contributed by atoms with Crippen molar-refractivity contribution in [3.63, 3.8) is 0 Å². The zero-order valence-electron chi connectivity index (χ0n) is 40.4. The standard InChI is InChI=1S/C65H60N2O4/c68-43-66-53-21-25-55(26-22-53)70-35-11-3-1-9-33-65(34-10-2-4-12-36-71-56-27-23-54(24-28-56)67-44-69)63-41-47(45-17-29-59-51(37-45)39-49-13-5-7-15-57(49)59)19-31-61(63)62-32-20-48(42-64(62)65)46-18-30-60-52(38-46)40-50-14-6-8-16-58(50)60/h5-8,13-32,37-38,41-44H,1-4,9-12,33-36,39-40H2,(H,66,68)(H,67,69). The van der Waals surface area contributed by atoms with Crippen LogP contribution in [0.2, 0.25) is 0 Å². The Bertz CT molecular complexity index is 2990. The van der Waals surface area contributed by atoms with Crippen molar-refractivity contribution in [3.8, 4) is 67.1 Å². The van der Waals surface area contributed by atoms with Crippen LogP contribution in [0.15, 0.2) is 170 Å². The van der Waals surface area contributed by atoms with E-state index in [0.717, 1.165) is 99.9 Å². The molecule has 8 aromatic carbocycles. The fourth-order valence-electron chi connectivity index (χ4n) is 11.7. The maximum Gasteiger partial charge on any atom is 0.211 e. The quantitative estimate of drug-likeness (QED) is 0.0524. The van der Waals surface area contributed by atoms with Crippen LogP contribution in [0, 0.1) is 0 Å². The Balaban J connectivity index is 0.881. The van der Waals surface area contributed by atoms with Gasteiger partial charge in [0.05, 0.1) is 13.2 Å². The van der Waals surface area contributed by atoms with Gasteiger partial charge in [-0.25, -0.2) is 0 Å². The van der Waals surface area contributed by atoms with E-state index in [-0.39, 0.29) is 5.41 Å². The maximum atomic E-state index is 10.9. The molecule has 71 heavy (non-hydrogen) atoms. The summed E-state index contributed by atoms with van der Waals surface area (Å²) in [4.78, 5) is 21.7. The molecule has 0 bridgehead atoms. The number of carbonyl (C=O) groups excluding carboxylic acids is 2. The zero-order chi connectivity index (χ0) is 48.0. The van der Waals surface area contributed by atoms with E-state index in [4.69, 9.17) is 9.47 Å². The first kappa shape index (κ1) is 45.7. The van der Waals surface area contributed by atoms with Gasteiger partial charge < -0.3 is 20.1 Å². The first-order valence-electron chi connectivity index (χ1n) is 25.7. The maximum absolute atomic E-state index is 10.9. The molecule has 11 rings (SSSR count). The fraction of sp³-hybridized carbons (Fsp3) is 0.231. The number of hydrogen-bond donors (Lipinski definition) is 2. The third kappa shape index (κ3) is 9.51. The van der Waals surface area contributed by atoms with Gasteiger partial charge in [0.25, 0.3) is 0 Å². The average Bonchev–Trinajstić information content (AvgIpc) is 4.06. The first-order valence-corrected chi connectivity index (χ1v) is 25.7. The van der Waals surface area contributed by atoms with Crippen LogP contribution in [0.4, 0.5) is 11.4 Å². The molecule has 3 aliphatic rings. The Morgan fingerprint density at radius 1 is 0.380 bits per heavy atom. The molecular formula is C65H60N2O4. The molecule has 0 saturated heterocycles. The number of unbranched alkanes of at least 4 members (excludes halogenated alkanes) is 6. The number of rotatable bonds is 22. The Kier molecular flexibility index (Phi) is 13.3. The molecule has 0 spiro atoms. The van der Waals surface area contributed by atoms with E-state index in [2.05, 4.69) is 132 Å². The largest absolute Gasteiger partial charge is 0.494 e. The number of amides is 2. The molecule has 0 heterocycles. The van der Waals surface area contributed by atoms with E-state index in [9.17, 15) is 9.59 Å². The van der Waals surface area contributed by atoms with Crippen molar-refractivity contribution in [2.24, 2.45) is 0 Å². The molecule has 0 aliphatic heterocycles. The second kappa shape index (κ2) is 20.7. The van der Waals surface area contributed by atoms with E-state index in [0.29, 0.717) is 26.0 Å². The van der Waals surface area contributed by atoms with E-state index >= 15 is 0 Å². The molecule has 6 heteroatoms. The highest BCUT2D eigenvalue weighted by atomic mass is 16.5. The Hall–Kier alpha value is -7.70. The highest BCUT2D eigenvalue weighted by Crippen LogP contribution is 2.56. The third-order valence-corrected chi connectivity index (χ3v) is 15.3. The number of nitrogens with one attached hydrogen (secondary N) is 2. The van der Waals surface area contributed by atoms with E-state index in [1.807, 2.05) is 48.5 Å². The Morgan fingerprint density at radius 3 is 1.20 bits per heavy atom. The van der Waals surface area contributed by atoms with Crippen molar-refractivity contribution >= 4 is 24.2 Å². The molecular weight excluding hydrogens is 873 g/mol. The van der Waals surface area contributed by atoms with Gasteiger partial charge in [-0.1, -0.05) is 148 Å². The molecule has 6 nitrogen and oxygen atoms in total. The van der Waals surface area contributed by atoms with Crippen LogP contribution >= 0.6 is 0 Å². The van der Waals surface area contributed by atoms with Crippen LogP contribution in [-0.4, -0.2) is 26.0 Å². The van der Waals surface area contributed by atoms with Gasteiger partial charge in [0, 0.05) is 16.8 Å². The topological polar surface area (TPSA) is 76.7 Å². The molecule has 2 N–H and O–H groups in total. The molecule has 0 unspecified atom stereocenters. The van der Waals surface area contributed by atoms with Crippen molar-refractivity contribution < 1.29 is 19.1 Å². The molecule has 2 amide bonds. The summed E-state index contributed by atoms with van der Waals surface area (Å²) >= 11 is 0. The Morgan fingerprint density at radius 2 is 0.761 bits per heavy atom. The van der Waals surface area contributed by atoms with Gasteiger partial charge in [0.1, 0.15) is 11.5 Å². The SMILES string of the molecule is O=CNc1ccc(OCCCCCCC2(CCCCCCOc3ccc(NC=O)cc3)c3cc(-c4ccc5c(c4)Cc4ccccc4-5)ccc3-c3ccc(-c4ccc5c(c4)Cc4ccccc4-5)cc32)cc1. The predicted octanol–water partition coefficient (Wildman–Crippen LogP) is 15.6. The van der Waals surface area contributed by atoms with Crippen molar-refractivity contribution in [1.82, 2.24) is 0 Å². The van der Waals surface area contributed by atoms with E-state index in [1.165, 1.54) is 89.0 Å². The van der Waals surface area contributed by atoms with Crippen LogP contribution < -0.4 is 20.1 Å².